The van der Waals surface area contributed by atoms with E-state index in [4.69, 9.17) is 16.7 Å². The van der Waals surface area contributed by atoms with Gasteiger partial charge in [0.2, 0.25) is 0 Å². The van der Waals surface area contributed by atoms with Crippen LogP contribution in [0.4, 0.5) is 0 Å². The van der Waals surface area contributed by atoms with Crippen LogP contribution in [-0.4, -0.2) is 25.6 Å². The van der Waals surface area contributed by atoms with Gasteiger partial charge in [0.15, 0.2) is 17.1 Å². The summed E-state index contributed by atoms with van der Waals surface area (Å²) >= 11 is 7.75. The summed E-state index contributed by atoms with van der Waals surface area (Å²) in [5, 5.41) is 16.3. The van der Waals surface area contributed by atoms with Gasteiger partial charge in [0, 0.05) is 28.7 Å². The van der Waals surface area contributed by atoms with Gasteiger partial charge in [-0.2, -0.15) is 5.10 Å². The van der Waals surface area contributed by atoms with Crippen LogP contribution in [0.3, 0.4) is 0 Å². The molecule has 1 aromatic carbocycles. The quantitative estimate of drug-likeness (QED) is 0.479. The third-order valence-electron chi connectivity index (χ3n) is 5.26. The molecule has 0 saturated carbocycles. The van der Waals surface area contributed by atoms with Crippen LogP contribution in [0, 0.1) is 0 Å². The number of carbonyl (C=O) groups is 1. The summed E-state index contributed by atoms with van der Waals surface area (Å²) in [6, 6.07) is 11.8. The third kappa shape index (κ3) is 2.75. The average Bonchev–Trinajstić information content (AvgIpc) is 3.36. The molecule has 7 heteroatoms. The van der Waals surface area contributed by atoms with Gasteiger partial charge in [-0.3, -0.25) is 4.79 Å². The van der Waals surface area contributed by atoms with Gasteiger partial charge in [0.1, 0.15) is 0 Å². The van der Waals surface area contributed by atoms with Gasteiger partial charge >= 0.3 is 0 Å². The Balaban J connectivity index is 1.70. The van der Waals surface area contributed by atoms with Crippen LogP contribution in [0.2, 0.25) is 5.02 Å². The van der Waals surface area contributed by atoms with Crippen molar-refractivity contribution in [1.82, 2.24) is 19.8 Å². The Morgan fingerprint density at radius 3 is 2.71 bits per heavy atom. The molecular formula is C21H17ClN4OS. The van der Waals surface area contributed by atoms with Crippen LogP contribution >= 0.6 is 22.9 Å². The molecule has 5 rings (SSSR count). The zero-order chi connectivity index (χ0) is 19.3. The molecule has 5 nitrogen and oxygen atoms in total. The van der Waals surface area contributed by atoms with E-state index >= 15 is 0 Å². The maximum Gasteiger partial charge on any atom is 0.185 e. The minimum absolute atomic E-state index is 0.0376. The highest BCUT2D eigenvalue weighted by Crippen LogP contribution is 2.36. The number of nitrogens with zero attached hydrogens (tertiary/aromatic N) is 4. The van der Waals surface area contributed by atoms with Crippen molar-refractivity contribution < 1.29 is 4.79 Å². The molecule has 0 radical (unpaired) electrons. The second kappa shape index (κ2) is 6.79. The predicted molar refractivity (Wildman–Crippen MR) is 110 cm³/mol. The van der Waals surface area contributed by atoms with E-state index in [0.717, 1.165) is 35.4 Å². The largest absolute Gasteiger partial charge is 0.292 e. The van der Waals surface area contributed by atoms with E-state index in [1.807, 2.05) is 34.8 Å². The zero-order valence-electron chi connectivity index (χ0n) is 15.2. The Kier molecular flexibility index (Phi) is 4.25. The van der Waals surface area contributed by atoms with Crippen LogP contribution in [0.5, 0.6) is 0 Å². The van der Waals surface area contributed by atoms with E-state index in [0.29, 0.717) is 22.8 Å². The number of halogens is 1. The standard InChI is InChI=1S/C21H17ClN4OS/c1-2-15-19(12-5-7-14(22)8-6-12)21-24-23-20-16(26(21)25-15)10-13(11-17(20)27)18-4-3-9-28-18/h3-9,13H,2,10-11H2,1H3/t13-/m1/s1. The highest BCUT2D eigenvalue weighted by atomic mass is 35.5. The monoisotopic (exact) mass is 408 g/mol. The number of aryl methyl sites for hydroxylation is 1. The molecule has 3 aromatic heterocycles. The Morgan fingerprint density at radius 1 is 1.18 bits per heavy atom. The van der Waals surface area contributed by atoms with Crippen LogP contribution < -0.4 is 0 Å². The Morgan fingerprint density at radius 2 is 2.00 bits per heavy atom. The summed E-state index contributed by atoms with van der Waals surface area (Å²) in [6.07, 6.45) is 1.97. The first-order valence-electron chi connectivity index (χ1n) is 9.25. The fourth-order valence-electron chi connectivity index (χ4n) is 3.90. The van der Waals surface area contributed by atoms with E-state index in [-0.39, 0.29) is 11.7 Å². The van der Waals surface area contributed by atoms with Gasteiger partial charge in [-0.25, -0.2) is 4.52 Å². The van der Waals surface area contributed by atoms with Gasteiger partial charge in [0.05, 0.1) is 17.0 Å². The van der Waals surface area contributed by atoms with E-state index < -0.39 is 0 Å². The maximum atomic E-state index is 12.7. The van der Waals surface area contributed by atoms with Crippen molar-refractivity contribution in [2.24, 2.45) is 0 Å². The molecule has 0 N–H and O–H groups in total. The number of rotatable bonds is 3. The number of hydrogen-bond acceptors (Lipinski definition) is 5. The van der Waals surface area contributed by atoms with E-state index in [2.05, 4.69) is 28.6 Å². The van der Waals surface area contributed by atoms with Crippen LogP contribution in [0.1, 0.15) is 46.0 Å². The van der Waals surface area contributed by atoms with E-state index in [9.17, 15) is 4.79 Å². The SMILES string of the molecule is CCc1nn2c3c(nnc2c1-c1ccc(Cl)cc1)C(=O)C[C@H](c1cccs1)C3. The first kappa shape index (κ1) is 17.5. The number of benzene rings is 1. The lowest BCUT2D eigenvalue weighted by molar-refractivity contribution is 0.0956. The Labute approximate surface area is 171 Å². The fraction of sp³-hybridized carbons (Fsp3) is 0.238. The topological polar surface area (TPSA) is 60.1 Å². The summed E-state index contributed by atoms with van der Waals surface area (Å²) in [7, 11) is 0. The zero-order valence-corrected chi connectivity index (χ0v) is 16.8. The number of carbonyl (C=O) groups excluding carboxylic acids is 1. The first-order valence-corrected chi connectivity index (χ1v) is 10.5. The molecule has 0 unspecified atom stereocenters. The molecule has 0 amide bonds. The van der Waals surface area contributed by atoms with Gasteiger partial charge < -0.3 is 0 Å². The number of Topliss-reactive ketones (excluding diaryl/α,β-unsaturated/α-hetero) is 1. The molecular weight excluding hydrogens is 392 g/mol. The van der Waals surface area contributed by atoms with Gasteiger partial charge in [-0.05, 0) is 35.6 Å². The fourth-order valence-corrected chi connectivity index (χ4v) is 4.86. The maximum absolute atomic E-state index is 12.7. The second-order valence-electron chi connectivity index (χ2n) is 6.96. The van der Waals surface area contributed by atoms with E-state index in [1.165, 1.54) is 4.88 Å². The molecule has 1 aliphatic rings. The molecule has 0 bridgehead atoms. The molecule has 28 heavy (non-hydrogen) atoms. The highest BCUT2D eigenvalue weighted by Gasteiger charge is 2.32. The van der Waals surface area contributed by atoms with Gasteiger partial charge in [-0.15, -0.1) is 21.5 Å². The van der Waals surface area contributed by atoms with Gasteiger partial charge in [0.25, 0.3) is 0 Å². The molecule has 1 aliphatic carbocycles. The minimum Gasteiger partial charge on any atom is -0.292 e. The number of ketones is 1. The molecule has 3 heterocycles. The highest BCUT2D eigenvalue weighted by molar-refractivity contribution is 7.10. The van der Waals surface area contributed by atoms with Crippen LogP contribution in [-0.2, 0) is 12.8 Å². The molecule has 0 spiro atoms. The van der Waals surface area contributed by atoms with Crippen molar-refractivity contribution in [2.45, 2.75) is 32.1 Å². The molecule has 4 aromatic rings. The molecule has 0 saturated heterocycles. The number of hydrogen-bond donors (Lipinski definition) is 0. The van der Waals surface area contributed by atoms with E-state index in [1.54, 1.807) is 11.3 Å². The first-order chi connectivity index (χ1) is 13.7. The second-order valence-corrected chi connectivity index (χ2v) is 8.37. The Hall–Kier alpha value is -2.57. The smallest absolute Gasteiger partial charge is 0.185 e. The van der Waals surface area contributed by atoms with Crippen molar-refractivity contribution >= 4 is 34.4 Å². The van der Waals surface area contributed by atoms with Crippen molar-refractivity contribution in [1.29, 1.82) is 0 Å². The molecule has 0 aliphatic heterocycles. The molecule has 1 atom stereocenters. The lowest BCUT2D eigenvalue weighted by Gasteiger charge is -2.21. The van der Waals surface area contributed by atoms with Crippen molar-refractivity contribution in [2.75, 3.05) is 0 Å². The number of thiophene rings is 1. The summed E-state index contributed by atoms with van der Waals surface area (Å²) in [6.45, 7) is 2.07. The molecule has 140 valence electrons. The lowest BCUT2D eigenvalue weighted by Crippen LogP contribution is -2.23. The third-order valence-corrected chi connectivity index (χ3v) is 6.54. The summed E-state index contributed by atoms with van der Waals surface area (Å²) < 4.78 is 1.84. The van der Waals surface area contributed by atoms with Crippen molar-refractivity contribution in [3.05, 3.63) is 68.8 Å². The minimum atomic E-state index is 0.0376. The molecule has 0 fully saturated rings. The van der Waals surface area contributed by atoms with Crippen LogP contribution in [0.15, 0.2) is 41.8 Å². The number of fused-ring (bicyclic) bond motifs is 3. The Bertz CT molecular complexity index is 1180. The average molecular weight is 409 g/mol. The van der Waals surface area contributed by atoms with Crippen molar-refractivity contribution in [3.63, 3.8) is 0 Å². The normalized spacial score (nSPS) is 16.5. The van der Waals surface area contributed by atoms with Crippen LogP contribution in [0.25, 0.3) is 16.8 Å². The van der Waals surface area contributed by atoms with Crippen molar-refractivity contribution in [3.8, 4) is 11.1 Å². The summed E-state index contributed by atoms with van der Waals surface area (Å²) in [4.78, 5) is 14.0. The summed E-state index contributed by atoms with van der Waals surface area (Å²) in [5.41, 5.74) is 4.90. The van der Waals surface area contributed by atoms with Gasteiger partial charge in [-0.1, -0.05) is 36.7 Å². The summed E-state index contributed by atoms with van der Waals surface area (Å²) in [5.74, 6) is 0.205. The lowest BCUT2D eigenvalue weighted by atomic mass is 9.87. The predicted octanol–water partition coefficient (Wildman–Crippen LogP) is 4.98. The number of aromatic nitrogens is 4.